The SMILES string of the molecule is CCc1cccc(NC(=O)/C=C/c2cccc(Oc3ccnc(C(=O)NCCN4CCOCC4)c3)c2)c1. The maximum atomic E-state index is 12.5. The number of aromatic nitrogens is 1. The number of morpholine rings is 1. The first-order chi connectivity index (χ1) is 18.1. The fraction of sp³-hybridized carbons (Fsp3) is 0.276. The molecule has 2 aromatic carbocycles. The minimum Gasteiger partial charge on any atom is -0.457 e. The summed E-state index contributed by atoms with van der Waals surface area (Å²) < 4.78 is 11.3. The van der Waals surface area contributed by atoms with Crippen LogP contribution < -0.4 is 15.4 Å². The second-order valence-electron chi connectivity index (χ2n) is 8.64. The molecule has 37 heavy (non-hydrogen) atoms. The molecule has 1 aromatic heterocycles. The number of carbonyl (C=O) groups is 2. The van der Waals surface area contributed by atoms with Gasteiger partial charge in [0.1, 0.15) is 17.2 Å². The van der Waals surface area contributed by atoms with Gasteiger partial charge in [-0.05, 0) is 54.0 Å². The number of ether oxygens (including phenoxy) is 2. The summed E-state index contributed by atoms with van der Waals surface area (Å²) in [5.41, 5.74) is 3.03. The highest BCUT2D eigenvalue weighted by atomic mass is 16.5. The maximum absolute atomic E-state index is 12.5. The Balaban J connectivity index is 1.31. The number of anilines is 1. The quantitative estimate of drug-likeness (QED) is 0.407. The lowest BCUT2D eigenvalue weighted by molar-refractivity contribution is -0.111. The van der Waals surface area contributed by atoms with Crippen LogP contribution in [-0.2, 0) is 16.0 Å². The van der Waals surface area contributed by atoms with E-state index in [1.807, 2.05) is 48.5 Å². The van der Waals surface area contributed by atoms with Crippen molar-refractivity contribution in [1.82, 2.24) is 15.2 Å². The molecule has 0 unspecified atom stereocenters. The monoisotopic (exact) mass is 500 g/mol. The van der Waals surface area contributed by atoms with Crippen LogP contribution in [0.1, 0.15) is 28.5 Å². The molecule has 0 radical (unpaired) electrons. The standard InChI is InChI=1S/C29H32N4O4/c1-2-22-5-3-7-24(19-22)32-28(34)10-9-23-6-4-8-25(20-23)37-26-11-12-30-27(21-26)29(35)31-13-14-33-15-17-36-18-16-33/h3-12,19-21H,2,13-18H2,1H3,(H,31,35)(H,32,34)/b10-9+. The Kier molecular flexibility index (Phi) is 9.40. The normalized spacial score (nSPS) is 13.9. The average Bonchev–Trinajstić information content (AvgIpc) is 2.93. The first-order valence-electron chi connectivity index (χ1n) is 12.5. The maximum Gasteiger partial charge on any atom is 0.270 e. The number of hydrogen-bond acceptors (Lipinski definition) is 6. The van der Waals surface area contributed by atoms with E-state index in [-0.39, 0.29) is 11.8 Å². The molecule has 3 aromatic rings. The Bertz CT molecular complexity index is 1240. The number of rotatable bonds is 10. The van der Waals surface area contributed by atoms with Gasteiger partial charge in [-0.15, -0.1) is 0 Å². The van der Waals surface area contributed by atoms with Crippen molar-refractivity contribution in [3.05, 3.63) is 89.8 Å². The smallest absolute Gasteiger partial charge is 0.270 e. The summed E-state index contributed by atoms with van der Waals surface area (Å²) in [6.07, 6.45) is 5.67. The van der Waals surface area contributed by atoms with E-state index in [1.165, 1.54) is 6.08 Å². The van der Waals surface area contributed by atoms with Crippen molar-refractivity contribution in [2.24, 2.45) is 0 Å². The van der Waals surface area contributed by atoms with Crippen LogP contribution in [-0.4, -0.2) is 61.1 Å². The van der Waals surface area contributed by atoms with E-state index in [1.54, 1.807) is 24.4 Å². The molecule has 0 bridgehead atoms. The Morgan fingerprint density at radius 2 is 1.86 bits per heavy atom. The minimum atomic E-state index is -0.245. The molecule has 1 aliphatic heterocycles. The lowest BCUT2D eigenvalue weighted by Crippen LogP contribution is -2.41. The summed E-state index contributed by atoms with van der Waals surface area (Å²) in [5, 5.41) is 5.79. The zero-order chi connectivity index (χ0) is 25.9. The molecule has 2 N–H and O–H groups in total. The number of nitrogens with zero attached hydrogens (tertiary/aromatic N) is 2. The molecule has 1 aliphatic rings. The van der Waals surface area contributed by atoms with Crippen molar-refractivity contribution in [3.8, 4) is 11.5 Å². The Labute approximate surface area is 217 Å². The van der Waals surface area contributed by atoms with E-state index in [9.17, 15) is 9.59 Å². The number of amides is 2. The third kappa shape index (κ3) is 8.27. The van der Waals surface area contributed by atoms with Gasteiger partial charge in [-0.2, -0.15) is 0 Å². The molecule has 4 rings (SSSR count). The zero-order valence-electron chi connectivity index (χ0n) is 21.0. The molecule has 2 amide bonds. The van der Waals surface area contributed by atoms with Gasteiger partial charge in [0.25, 0.3) is 5.91 Å². The third-order valence-electron chi connectivity index (χ3n) is 5.91. The largest absolute Gasteiger partial charge is 0.457 e. The van der Waals surface area contributed by atoms with Crippen LogP contribution in [0.4, 0.5) is 5.69 Å². The number of carbonyl (C=O) groups excluding carboxylic acids is 2. The highest BCUT2D eigenvalue weighted by Crippen LogP contribution is 2.23. The average molecular weight is 501 g/mol. The zero-order valence-corrected chi connectivity index (χ0v) is 21.0. The number of aryl methyl sites for hydroxylation is 1. The Morgan fingerprint density at radius 3 is 2.70 bits per heavy atom. The van der Waals surface area contributed by atoms with Crippen LogP contribution in [0.2, 0.25) is 0 Å². The van der Waals surface area contributed by atoms with Crippen LogP contribution in [0.15, 0.2) is 72.9 Å². The van der Waals surface area contributed by atoms with Crippen molar-refractivity contribution >= 4 is 23.6 Å². The van der Waals surface area contributed by atoms with Crippen LogP contribution in [0.3, 0.4) is 0 Å². The Morgan fingerprint density at radius 1 is 1.05 bits per heavy atom. The van der Waals surface area contributed by atoms with Crippen molar-refractivity contribution in [1.29, 1.82) is 0 Å². The van der Waals surface area contributed by atoms with Gasteiger partial charge in [-0.25, -0.2) is 0 Å². The molecular formula is C29H32N4O4. The summed E-state index contributed by atoms with van der Waals surface area (Å²) in [5.74, 6) is 0.634. The minimum absolute atomic E-state index is 0.210. The lowest BCUT2D eigenvalue weighted by Gasteiger charge is -2.26. The van der Waals surface area contributed by atoms with Gasteiger partial charge in [0.2, 0.25) is 5.91 Å². The fourth-order valence-electron chi connectivity index (χ4n) is 3.88. The molecule has 8 heteroatoms. The number of benzene rings is 2. The van der Waals surface area contributed by atoms with Gasteiger partial charge < -0.3 is 20.1 Å². The summed E-state index contributed by atoms with van der Waals surface area (Å²) in [6.45, 7) is 6.60. The number of hydrogen-bond donors (Lipinski definition) is 2. The molecule has 0 spiro atoms. The predicted molar refractivity (Wildman–Crippen MR) is 144 cm³/mol. The molecule has 2 heterocycles. The van der Waals surface area contributed by atoms with Gasteiger partial charge in [0, 0.05) is 50.2 Å². The second kappa shape index (κ2) is 13.3. The van der Waals surface area contributed by atoms with E-state index < -0.39 is 0 Å². The second-order valence-corrected chi connectivity index (χ2v) is 8.64. The van der Waals surface area contributed by atoms with Crippen LogP contribution >= 0.6 is 0 Å². The summed E-state index contributed by atoms with van der Waals surface area (Å²) in [6, 6.07) is 18.5. The van der Waals surface area contributed by atoms with Gasteiger partial charge in [-0.1, -0.05) is 31.2 Å². The highest BCUT2D eigenvalue weighted by molar-refractivity contribution is 6.02. The molecule has 0 saturated carbocycles. The molecule has 0 atom stereocenters. The van der Waals surface area contributed by atoms with Crippen molar-refractivity contribution < 1.29 is 19.1 Å². The molecule has 8 nitrogen and oxygen atoms in total. The van der Waals surface area contributed by atoms with Gasteiger partial charge in [0.15, 0.2) is 0 Å². The van der Waals surface area contributed by atoms with Gasteiger partial charge in [0.05, 0.1) is 13.2 Å². The number of nitrogens with one attached hydrogen (secondary N) is 2. The topological polar surface area (TPSA) is 92.8 Å². The summed E-state index contributed by atoms with van der Waals surface area (Å²) >= 11 is 0. The van der Waals surface area contributed by atoms with Crippen molar-refractivity contribution in [2.75, 3.05) is 44.7 Å². The van der Waals surface area contributed by atoms with E-state index >= 15 is 0 Å². The van der Waals surface area contributed by atoms with Crippen LogP contribution in [0, 0.1) is 0 Å². The molecule has 0 aliphatic carbocycles. The first-order valence-corrected chi connectivity index (χ1v) is 12.5. The fourth-order valence-corrected chi connectivity index (χ4v) is 3.88. The molecule has 1 fully saturated rings. The van der Waals surface area contributed by atoms with E-state index in [0.29, 0.717) is 23.7 Å². The van der Waals surface area contributed by atoms with E-state index in [4.69, 9.17) is 9.47 Å². The van der Waals surface area contributed by atoms with Crippen LogP contribution in [0.25, 0.3) is 6.08 Å². The summed E-state index contributed by atoms with van der Waals surface area (Å²) in [4.78, 5) is 31.3. The summed E-state index contributed by atoms with van der Waals surface area (Å²) in [7, 11) is 0. The first kappa shape index (κ1) is 26.1. The van der Waals surface area contributed by atoms with E-state index in [2.05, 4.69) is 27.4 Å². The third-order valence-corrected chi connectivity index (χ3v) is 5.91. The van der Waals surface area contributed by atoms with Crippen LogP contribution in [0.5, 0.6) is 11.5 Å². The Hall–Kier alpha value is -4.01. The van der Waals surface area contributed by atoms with Gasteiger partial charge >= 0.3 is 0 Å². The predicted octanol–water partition coefficient (Wildman–Crippen LogP) is 4.15. The molecular weight excluding hydrogens is 468 g/mol. The van der Waals surface area contributed by atoms with Gasteiger partial charge in [-0.3, -0.25) is 19.5 Å². The van der Waals surface area contributed by atoms with Crippen molar-refractivity contribution in [3.63, 3.8) is 0 Å². The molecule has 192 valence electrons. The van der Waals surface area contributed by atoms with E-state index in [0.717, 1.165) is 56.1 Å². The highest BCUT2D eigenvalue weighted by Gasteiger charge is 2.12. The number of pyridine rings is 1. The molecule has 1 saturated heterocycles. The van der Waals surface area contributed by atoms with Crippen molar-refractivity contribution in [2.45, 2.75) is 13.3 Å². The lowest BCUT2D eigenvalue weighted by atomic mass is 10.1.